The first-order valence-electron chi connectivity index (χ1n) is 9.83. The summed E-state index contributed by atoms with van der Waals surface area (Å²) in [5, 5.41) is 3.76. The van der Waals surface area contributed by atoms with Crippen LogP contribution in [0.2, 0.25) is 0 Å². The van der Waals surface area contributed by atoms with Gasteiger partial charge >= 0.3 is 0 Å². The molecule has 30 heavy (non-hydrogen) atoms. The number of aryl methyl sites for hydroxylation is 3. The Morgan fingerprint density at radius 3 is 2.53 bits per heavy atom. The molecule has 0 aliphatic heterocycles. The molecule has 0 unspecified atom stereocenters. The first-order valence-corrected chi connectivity index (χ1v) is 12.1. The Morgan fingerprint density at radius 1 is 1.10 bits per heavy atom. The molecule has 1 heterocycles. The molecule has 3 aromatic rings. The lowest BCUT2D eigenvalue weighted by atomic mass is 10.0. The molecule has 0 fully saturated rings. The molecule has 2 N–H and O–H groups in total. The summed E-state index contributed by atoms with van der Waals surface area (Å²) in [5.41, 5.74) is 3.40. The van der Waals surface area contributed by atoms with Crippen molar-refractivity contribution < 1.29 is 13.2 Å². The normalized spacial score (nSPS) is 13.0. The van der Waals surface area contributed by atoms with Gasteiger partial charge in [0.05, 0.1) is 20.1 Å². The second-order valence-corrected chi connectivity index (χ2v) is 10.9. The van der Waals surface area contributed by atoms with Crippen LogP contribution in [0.5, 0.6) is 0 Å². The summed E-state index contributed by atoms with van der Waals surface area (Å²) in [5.74, 6) is -0.232. The number of thiazole rings is 1. The molecule has 2 aromatic carbocycles. The third kappa shape index (κ3) is 5.24. The molecule has 3 rings (SSSR count). The number of carbonyl (C=O) groups excluding carboxylic acids is 1. The van der Waals surface area contributed by atoms with E-state index in [0.717, 1.165) is 26.4 Å². The number of hydrogen-bond acceptors (Lipinski definition) is 5. The summed E-state index contributed by atoms with van der Waals surface area (Å²) >= 11 is 1.44. The van der Waals surface area contributed by atoms with E-state index in [0.29, 0.717) is 12.1 Å². The number of fused-ring (bicyclic) bond motifs is 1. The molecule has 0 aliphatic rings. The van der Waals surface area contributed by atoms with Crippen LogP contribution in [0, 0.1) is 26.7 Å². The Hall–Kier alpha value is -2.29. The van der Waals surface area contributed by atoms with Gasteiger partial charge in [-0.25, -0.2) is 13.4 Å². The summed E-state index contributed by atoms with van der Waals surface area (Å²) in [6.07, 6.45) is 0.387. The van der Waals surface area contributed by atoms with Crippen LogP contribution in [0.1, 0.15) is 36.4 Å². The zero-order valence-electron chi connectivity index (χ0n) is 17.8. The van der Waals surface area contributed by atoms with E-state index in [1.165, 1.54) is 17.4 Å². The SMILES string of the molecule is Cc1ccc(C)c(NC(=O)[C@H](CC(C)C)NS(=O)(=O)c2ccc3nc(C)sc3c2)c1. The van der Waals surface area contributed by atoms with Crippen molar-refractivity contribution in [1.82, 2.24) is 9.71 Å². The van der Waals surface area contributed by atoms with Gasteiger partial charge in [-0.3, -0.25) is 4.79 Å². The number of anilines is 1. The van der Waals surface area contributed by atoms with E-state index in [1.54, 1.807) is 12.1 Å². The Morgan fingerprint density at radius 2 is 1.83 bits per heavy atom. The Labute approximate surface area is 181 Å². The second-order valence-electron chi connectivity index (χ2n) is 7.97. The minimum atomic E-state index is -3.87. The van der Waals surface area contributed by atoms with E-state index in [9.17, 15) is 13.2 Å². The summed E-state index contributed by atoms with van der Waals surface area (Å²) < 4.78 is 29.5. The van der Waals surface area contributed by atoms with Crippen LogP contribution < -0.4 is 10.0 Å². The van der Waals surface area contributed by atoms with E-state index in [1.807, 2.05) is 52.8 Å². The van der Waals surface area contributed by atoms with Crippen LogP contribution in [0.25, 0.3) is 10.2 Å². The number of benzene rings is 2. The molecule has 160 valence electrons. The summed E-state index contributed by atoms with van der Waals surface area (Å²) in [4.78, 5) is 17.5. The molecule has 0 aliphatic carbocycles. The van der Waals surface area contributed by atoms with Crippen molar-refractivity contribution in [2.24, 2.45) is 5.92 Å². The molecule has 1 aromatic heterocycles. The Balaban J connectivity index is 1.86. The molecule has 1 amide bonds. The standard InChI is InChI=1S/C22H27N3O3S2/c1-13(2)10-20(22(26)24-19-11-14(3)6-7-15(19)4)25-30(27,28)17-8-9-18-21(12-17)29-16(5)23-18/h6-9,11-13,20,25H,10H2,1-5H3,(H,24,26)/t20-/m0/s1. The average Bonchev–Trinajstić information content (AvgIpc) is 3.02. The van der Waals surface area contributed by atoms with Crippen molar-refractivity contribution in [3.63, 3.8) is 0 Å². The molecule has 0 saturated carbocycles. The Kier molecular flexibility index (Phi) is 6.59. The van der Waals surface area contributed by atoms with Crippen molar-refractivity contribution in [2.75, 3.05) is 5.32 Å². The average molecular weight is 446 g/mol. The van der Waals surface area contributed by atoms with Gasteiger partial charge < -0.3 is 5.32 Å². The van der Waals surface area contributed by atoms with Crippen LogP contribution >= 0.6 is 11.3 Å². The number of aromatic nitrogens is 1. The van der Waals surface area contributed by atoms with E-state index in [2.05, 4.69) is 15.0 Å². The van der Waals surface area contributed by atoms with Gasteiger partial charge in [0.2, 0.25) is 15.9 Å². The van der Waals surface area contributed by atoms with Crippen LogP contribution in [-0.2, 0) is 14.8 Å². The van der Waals surface area contributed by atoms with Crippen molar-refractivity contribution in [1.29, 1.82) is 0 Å². The molecule has 0 spiro atoms. The number of amides is 1. The van der Waals surface area contributed by atoms with Gasteiger partial charge in [0.15, 0.2) is 0 Å². The van der Waals surface area contributed by atoms with E-state index < -0.39 is 16.1 Å². The lowest BCUT2D eigenvalue weighted by molar-refractivity contribution is -0.118. The lowest BCUT2D eigenvalue weighted by Crippen LogP contribution is -2.44. The van der Waals surface area contributed by atoms with Crippen LogP contribution in [0.3, 0.4) is 0 Å². The predicted octanol–water partition coefficient (Wildman–Crippen LogP) is 4.55. The highest BCUT2D eigenvalue weighted by Crippen LogP contribution is 2.25. The van der Waals surface area contributed by atoms with E-state index in [-0.39, 0.29) is 16.7 Å². The van der Waals surface area contributed by atoms with Gasteiger partial charge in [-0.2, -0.15) is 4.72 Å². The highest BCUT2D eigenvalue weighted by atomic mass is 32.2. The van der Waals surface area contributed by atoms with Crippen molar-refractivity contribution in [2.45, 2.75) is 52.0 Å². The molecule has 6 nitrogen and oxygen atoms in total. The Bertz CT molecular complexity index is 1180. The molecular weight excluding hydrogens is 418 g/mol. The summed E-state index contributed by atoms with van der Waals surface area (Å²) in [7, 11) is -3.87. The molecule has 0 radical (unpaired) electrons. The summed E-state index contributed by atoms with van der Waals surface area (Å²) in [6, 6.07) is 9.73. The highest BCUT2D eigenvalue weighted by Gasteiger charge is 2.27. The highest BCUT2D eigenvalue weighted by molar-refractivity contribution is 7.89. The number of hydrogen-bond donors (Lipinski definition) is 2. The van der Waals surface area contributed by atoms with Crippen LogP contribution in [-0.4, -0.2) is 25.4 Å². The van der Waals surface area contributed by atoms with E-state index in [4.69, 9.17) is 0 Å². The third-order valence-corrected chi connectivity index (χ3v) is 7.15. The lowest BCUT2D eigenvalue weighted by Gasteiger charge is -2.21. The molecule has 1 atom stereocenters. The molecule has 0 bridgehead atoms. The zero-order valence-corrected chi connectivity index (χ0v) is 19.4. The van der Waals surface area contributed by atoms with Gasteiger partial charge in [0.1, 0.15) is 6.04 Å². The fourth-order valence-electron chi connectivity index (χ4n) is 3.21. The van der Waals surface area contributed by atoms with Gasteiger partial charge in [0.25, 0.3) is 0 Å². The minimum absolute atomic E-state index is 0.131. The minimum Gasteiger partial charge on any atom is -0.324 e. The maximum absolute atomic E-state index is 13.0. The number of rotatable bonds is 7. The first kappa shape index (κ1) is 22.4. The fourth-order valence-corrected chi connectivity index (χ4v) is 5.39. The third-order valence-electron chi connectivity index (χ3n) is 4.75. The van der Waals surface area contributed by atoms with E-state index >= 15 is 0 Å². The van der Waals surface area contributed by atoms with Gasteiger partial charge in [-0.1, -0.05) is 26.0 Å². The monoisotopic (exact) mass is 445 g/mol. The first-order chi connectivity index (χ1) is 14.0. The van der Waals surface area contributed by atoms with Gasteiger partial charge in [-0.15, -0.1) is 11.3 Å². The topological polar surface area (TPSA) is 88.2 Å². The maximum atomic E-state index is 13.0. The zero-order chi connectivity index (χ0) is 22.1. The van der Waals surface area contributed by atoms with Crippen molar-refractivity contribution in [3.8, 4) is 0 Å². The van der Waals surface area contributed by atoms with Crippen LogP contribution in [0.4, 0.5) is 5.69 Å². The second kappa shape index (κ2) is 8.83. The largest absolute Gasteiger partial charge is 0.324 e. The number of nitrogens with one attached hydrogen (secondary N) is 2. The smallest absolute Gasteiger partial charge is 0.242 e. The van der Waals surface area contributed by atoms with Crippen molar-refractivity contribution in [3.05, 3.63) is 52.5 Å². The number of carbonyl (C=O) groups is 1. The number of sulfonamides is 1. The quantitative estimate of drug-likeness (QED) is 0.558. The molecule has 0 saturated heterocycles. The van der Waals surface area contributed by atoms with Crippen molar-refractivity contribution >= 4 is 43.2 Å². The summed E-state index contributed by atoms with van der Waals surface area (Å²) in [6.45, 7) is 9.65. The molecular formula is C22H27N3O3S2. The van der Waals surface area contributed by atoms with Gasteiger partial charge in [-0.05, 0) is 68.5 Å². The van der Waals surface area contributed by atoms with Gasteiger partial charge in [0, 0.05) is 5.69 Å². The van der Waals surface area contributed by atoms with Crippen LogP contribution in [0.15, 0.2) is 41.3 Å². The maximum Gasteiger partial charge on any atom is 0.242 e. The predicted molar refractivity (Wildman–Crippen MR) is 122 cm³/mol. The fraction of sp³-hybridized carbons (Fsp3) is 0.364. The molecule has 8 heteroatoms. The number of nitrogens with zero attached hydrogens (tertiary/aromatic N) is 1.